The second kappa shape index (κ2) is 6.00. The molecule has 1 aliphatic rings. The average Bonchev–Trinajstić information content (AvgIpc) is 2.14. The number of amides is 3. The number of primary amides is 1. The third-order valence-corrected chi connectivity index (χ3v) is 3.30. The molecule has 17 heavy (non-hydrogen) atoms. The normalized spacial score (nSPS) is 30.6. The summed E-state index contributed by atoms with van der Waals surface area (Å²) in [6.07, 6.45) is 3.41. The molecule has 0 saturated heterocycles. The fourth-order valence-electron chi connectivity index (χ4n) is 2.74. The zero-order valence-corrected chi connectivity index (χ0v) is 10.8. The number of nitrogens with two attached hydrogens (primary N) is 1. The number of rotatable bonds is 3. The lowest BCUT2D eigenvalue weighted by molar-refractivity contribution is -0.121. The highest BCUT2D eigenvalue weighted by atomic mass is 16.2. The predicted molar refractivity (Wildman–Crippen MR) is 66.3 cm³/mol. The summed E-state index contributed by atoms with van der Waals surface area (Å²) in [4.78, 5) is 22.1. The lowest BCUT2D eigenvalue weighted by atomic mass is 9.80. The van der Waals surface area contributed by atoms with Gasteiger partial charge in [-0.2, -0.15) is 0 Å². The predicted octanol–water partition coefficient (Wildman–Crippen LogP) is 0.984. The van der Waals surface area contributed by atoms with E-state index in [1.165, 1.54) is 6.42 Å². The van der Waals surface area contributed by atoms with Crippen LogP contribution in [0.5, 0.6) is 0 Å². The minimum atomic E-state index is -0.797. The van der Waals surface area contributed by atoms with Gasteiger partial charge in [0, 0.05) is 6.04 Å². The molecule has 3 amide bonds. The van der Waals surface area contributed by atoms with E-state index in [0.717, 1.165) is 12.8 Å². The van der Waals surface area contributed by atoms with Crippen LogP contribution in [0.1, 0.15) is 40.0 Å². The molecule has 1 fully saturated rings. The topological polar surface area (TPSA) is 84.2 Å². The van der Waals surface area contributed by atoms with Crippen LogP contribution in [0.25, 0.3) is 0 Å². The second-order valence-electron chi connectivity index (χ2n) is 5.36. The van der Waals surface area contributed by atoms with Crippen molar-refractivity contribution in [2.24, 2.45) is 17.6 Å². The molecule has 3 unspecified atom stereocenters. The van der Waals surface area contributed by atoms with Crippen LogP contribution in [0.2, 0.25) is 0 Å². The van der Waals surface area contributed by atoms with E-state index in [4.69, 9.17) is 5.73 Å². The summed E-state index contributed by atoms with van der Waals surface area (Å²) in [6, 6.07) is -0.832. The Kier molecular flexibility index (Phi) is 4.93. The number of carbonyl (C=O) groups excluding carboxylic acids is 2. The zero-order valence-electron chi connectivity index (χ0n) is 10.8. The van der Waals surface area contributed by atoms with E-state index in [2.05, 4.69) is 24.5 Å². The first kappa shape index (κ1) is 14.0. The molecule has 1 rings (SSSR count). The molecule has 98 valence electrons. The van der Waals surface area contributed by atoms with Crippen LogP contribution in [0, 0.1) is 11.8 Å². The highest BCUT2D eigenvalue weighted by Gasteiger charge is 2.26. The van der Waals surface area contributed by atoms with Crippen LogP contribution in [0.3, 0.4) is 0 Å². The van der Waals surface area contributed by atoms with Crippen molar-refractivity contribution in [2.75, 3.05) is 0 Å². The first-order chi connectivity index (χ1) is 7.88. The van der Waals surface area contributed by atoms with Crippen molar-refractivity contribution >= 4 is 11.9 Å². The number of imide groups is 1. The number of carbonyl (C=O) groups is 2. The quantitative estimate of drug-likeness (QED) is 0.688. The summed E-state index contributed by atoms with van der Waals surface area (Å²) in [7, 11) is 0. The first-order valence-corrected chi connectivity index (χ1v) is 6.24. The maximum absolute atomic E-state index is 11.5. The van der Waals surface area contributed by atoms with Gasteiger partial charge in [-0.3, -0.25) is 10.1 Å². The maximum atomic E-state index is 11.5. The Labute approximate surface area is 103 Å². The van der Waals surface area contributed by atoms with Crippen molar-refractivity contribution < 1.29 is 9.59 Å². The Hall–Kier alpha value is -1.10. The van der Waals surface area contributed by atoms with E-state index >= 15 is 0 Å². The lowest BCUT2D eigenvalue weighted by Gasteiger charge is -2.33. The molecule has 0 radical (unpaired) electrons. The number of nitrogens with one attached hydrogen (secondary N) is 2. The third-order valence-electron chi connectivity index (χ3n) is 3.30. The van der Waals surface area contributed by atoms with Gasteiger partial charge in [0.1, 0.15) is 0 Å². The number of hydrogen-bond acceptors (Lipinski definition) is 3. The lowest BCUT2D eigenvalue weighted by Crippen LogP contribution is -2.50. The SMILES string of the molecule is CC1CC(C)CC(NC(C)C(=O)NC(N)=O)C1. The minimum absolute atomic E-state index is 0.349. The fourth-order valence-corrected chi connectivity index (χ4v) is 2.74. The molecule has 3 atom stereocenters. The van der Waals surface area contributed by atoms with Crippen molar-refractivity contribution in [1.82, 2.24) is 10.6 Å². The van der Waals surface area contributed by atoms with E-state index in [1.54, 1.807) is 6.92 Å². The van der Waals surface area contributed by atoms with Crippen molar-refractivity contribution in [3.05, 3.63) is 0 Å². The van der Waals surface area contributed by atoms with E-state index < -0.39 is 6.03 Å². The van der Waals surface area contributed by atoms with E-state index in [9.17, 15) is 9.59 Å². The van der Waals surface area contributed by atoms with Gasteiger partial charge < -0.3 is 11.1 Å². The van der Waals surface area contributed by atoms with Gasteiger partial charge in [0.15, 0.2) is 0 Å². The molecular weight excluding hydrogens is 218 g/mol. The molecule has 0 bridgehead atoms. The Morgan fingerprint density at radius 2 is 1.71 bits per heavy atom. The van der Waals surface area contributed by atoms with Gasteiger partial charge in [-0.25, -0.2) is 4.79 Å². The fraction of sp³-hybridized carbons (Fsp3) is 0.833. The van der Waals surface area contributed by atoms with Crippen LogP contribution in [0.4, 0.5) is 4.79 Å². The molecule has 1 saturated carbocycles. The molecule has 5 heteroatoms. The van der Waals surface area contributed by atoms with Gasteiger partial charge in [-0.15, -0.1) is 0 Å². The van der Waals surface area contributed by atoms with Crippen LogP contribution >= 0.6 is 0 Å². The van der Waals surface area contributed by atoms with E-state index in [1.807, 2.05) is 0 Å². The molecule has 0 heterocycles. The highest BCUT2D eigenvalue weighted by molar-refractivity contribution is 5.96. The smallest absolute Gasteiger partial charge is 0.318 e. The number of hydrogen-bond donors (Lipinski definition) is 3. The number of urea groups is 1. The molecule has 5 nitrogen and oxygen atoms in total. The van der Waals surface area contributed by atoms with Crippen LogP contribution in [-0.4, -0.2) is 24.0 Å². The van der Waals surface area contributed by atoms with Gasteiger partial charge in [0.2, 0.25) is 5.91 Å². The largest absolute Gasteiger partial charge is 0.351 e. The first-order valence-electron chi connectivity index (χ1n) is 6.24. The Morgan fingerprint density at radius 1 is 1.18 bits per heavy atom. The van der Waals surface area contributed by atoms with Crippen molar-refractivity contribution in [2.45, 2.75) is 52.1 Å². The molecule has 1 aliphatic carbocycles. The third kappa shape index (κ3) is 4.73. The van der Waals surface area contributed by atoms with Crippen molar-refractivity contribution in [3.63, 3.8) is 0 Å². The molecule has 0 aromatic carbocycles. The Balaban J connectivity index is 2.42. The molecule has 0 aliphatic heterocycles. The van der Waals surface area contributed by atoms with Gasteiger partial charge >= 0.3 is 6.03 Å². The summed E-state index contributed by atoms with van der Waals surface area (Å²) < 4.78 is 0. The van der Waals surface area contributed by atoms with Gasteiger partial charge in [-0.05, 0) is 38.0 Å². The Bertz CT molecular complexity index is 283. The van der Waals surface area contributed by atoms with Gasteiger partial charge in [0.05, 0.1) is 6.04 Å². The van der Waals surface area contributed by atoms with Crippen molar-refractivity contribution in [3.8, 4) is 0 Å². The average molecular weight is 241 g/mol. The molecule has 0 spiro atoms. The maximum Gasteiger partial charge on any atom is 0.318 e. The van der Waals surface area contributed by atoms with E-state index in [-0.39, 0.29) is 11.9 Å². The molecule has 0 aromatic rings. The summed E-state index contributed by atoms with van der Waals surface area (Å²) >= 11 is 0. The van der Waals surface area contributed by atoms with Crippen molar-refractivity contribution in [1.29, 1.82) is 0 Å². The highest BCUT2D eigenvalue weighted by Crippen LogP contribution is 2.28. The molecule has 4 N–H and O–H groups in total. The monoisotopic (exact) mass is 241 g/mol. The van der Waals surface area contributed by atoms with Crippen LogP contribution in [-0.2, 0) is 4.79 Å². The molecular formula is C12H23N3O2. The zero-order chi connectivity index (χ0) is 13.0. The Morgan fingerprint density at radius 3 is 2.18 bits per heavy atom. The summed E-state index contributed by atoms with van der Waals surface area (Å²) in [6.45, 7) is 6.22. The van der Waals surface area contributed by atoms with Crippen LogP contribution < -0.4 is 16.4 Å². The van der Waals surface area contributed by atoms with Gasteiger partial charge in [-0.1, -0.05) is 13.8 Å². The molecule has 0 aromatic heterocycles. The summed E-state index contributed by atoms with van der Waals surface area (Å²) in [5.74, 6) is 1.01. The second-order valence-corrected chi connectivity index (χ2v) is 5.36. The summed E-state index contributed by atoms with van der Waals surface area (Å²) in [5.41, 5.74) is 4.91. The minimum Gasteiger partial charge on any atom is -0.351 e. The van der Waals surface area contributed by atoms with E-state index in [0.29, 0.717) is 17.9 Å². The van der Waals surface area contributed by atoms with Gasteiger partial charge in [0.25, 0.3) is 0 Å². The van der Waals surface area contributed by atoms with Crippen LogP contribution in [0.15, 0.2) is 0 Å². The summed E-state index contributed by atoms with van der Waals surface area (Å²) in [5, 5.41) is 5.36. The standard InChI is InChI=1S/C12H23N3O2/c1-7-4-8(2)6-10(5-7)14-9(3)11(16)15-12(13)17/h7-10,14H,4-6H2,1-3H3,(H3,13,15,16,17).